The van der Waals surface area contributed by atoms with Crippen molar-refractivity contribution in [3.63, 3.8) is 0 Å². The largest absolute Gasteiger partial charge is 0.389 e. The van der Waals surface area contributed by atoms with Gasteiger partial charge in [0.2, 0.25) is 46.9 Å². The molecule has 0 radical (unpaired) electrons. The average molecular weight is 2050 g/mol. The minimum Gasteiger partial charge on any atom is -0.389 e. The van der Waals surface area contributed by atoms with Crippen molar-refractivity contribution >= 4 is 146 Å². The highest BCUT2D eigenvalue weighted by Crippen LogP contribution is 2.25. The van der Waals surface area contributed by atoms with Crippen LogP contribution < -0.4 is 58.1 Å². The minimum atomic E-state index is -0.750. The number of carbonyl (C=O) groups is 19. The summed E-state index contributed by atoms with van der Waals surface area (Å²) in [4.78, 5) is 267. The number of imidazole rings is 4. The molecule has 0 bridgehead atoms. The van der Waals surface area contributed by atoms with Crippen LogP contribution in [0.4, 0.5) is 34.6 Å². The van der Waals surface area contributed by atoms with Crippen LogP contribution in [0.15, 0.2) is 123 Å². The maximum atomic E-state index is 13.8. The number of quaternary nitrogens is 1. The van der Waals surface area contributed by atoms with Gasteiger partial charge in [0.1, 0.15) is 29.7 Å². The highest BCUT2D eigenvalue weighted by molar-refractivity contribution is 6.07. The Morgan fingerprint density at radius 2 is 0.604 bits per heavy atom. The van der Waals surface area contributed by atoms with Crippen molar-refractivity contribution in [1.29, 1.82) is 0 Å². The van der Waals surface area contributed by atoms with Gasteiger partial charge in [-0.15, -0.1) is 0 Å². The van der Waals surface area contributed by atoms with Crippen molar-refractivity contribution in [2.75, 3.05) is 85.3 Å². The molecule has 10 heterocycles. The van der Waals surface area contributed by atoms with E-state index in [0.717, 1.165) is 32.2 Å². The van der Waals surface area contributed by atoms with Gasteiger partial charge in [-0.25, -0.2) is 19.9 Å². The van der Waals surface area contributed by atoms with E-state index in [1.165, 1.54) is 105 Å². The van der Waals surface area contributed by atoms with Gasteiger partial charge in [0.05, 0.1) is 54.8 Å². The van der Waals surface area contributed by atoms with Crippen molar-refractivity contribution in [2.45, 2.75) is 161 Å². The van der Waals surface area contributed by atoms with Gasteiger partial charge in [-0.2, -0.15) is 0 Å². The highest BCUT2D eigenvalue weighted by Gasteiger charge is 2.29. The topological polar surface area (TPSA) is 570 Å². The van der Waals surface area contributed by atoms with E-state index >= 15 is 0 Å². The van der Waals surface area contributed by atoms with Gasteiger partial charge in [-0.05, 0) is 133 Å². The fourth-order valence-electron chi connectivity index (χ4n) is 17.0. The summed E-state index contributed by atoms with van der Waals surface area (Å²) in [6.07, 6.45) is 23.1. The van der Waals surface area contributed by atoms with Crippen LogP contribution in [0.5, 0.6) is 0 Å². The van der Waals surface area contributed by atoms with Crippen LogP contribution in [0.3, 0.4) is 0 Å². The molecule has 149 heavy (non-hydrogen) atoms. The van der Waals surface area contributed by atoms with Crippen LogP contribution >= 0.6 is 0 Å². The number of benzene rings is 1. The minimum absolute atomic E-state index is 0.000271. The number of carbonyl (C=O) groups excluding carboxylic acids is 19. The number of aliphatic hydroxyl groups excluding tert-OH is 1. The summed E-state index contributed by atoms with van der Waals surface area (Å²) in [5, 5.41) is 35.3. The number of anilines is 6. The Kier molecular flexibility index (Phi) is 40.5. The number of rotatable bonds is 61. The third-order valence-corrected chi connectivity index (χ3v) is 24.6. The first-order chi connectivity index (χ1) is 71.0. The molecule has 0 spiro atoms. The van der Waals surface area contributed by atoms with E-state index in [4.69, 9.17) is 5.11 Å². The Morgan fingerprint density at radius 3 is 1.05 bits per heavy atom. The molecule has 0 fully saturated rings. The van der Waals surface area contributed by atoms with E-state index in [2.05, 4.69) is 87.2 Å². The predicted octanol–water partition coefficient (Wildman–Crippen LogP) is 6.27. The van der Waals surface area contributed by atoms with Gasteiger partial charge in [-0.1, -0.05) is 12.8 Å². The third kappa shape index (κ3) is 33.5. The van der Waals surface area contributed by atoms with E-state index in [1.807, 2.05) is 0 Å². The fraction of sp³-hybridized carbons (Fsp3) is 0.413. The lowest BCUT2D eigenvalue weighted by molar-refractivity contribution is -0.858. The summed E-state index contributed by atoms with van der Waals surface area (Å²) in [7, 11) is 20.4. The summed E-state index contributed by atoms with van der Waals surface area (Å²) in [5.74, 6) is -7.28. The second-order valence-electron chi connectivity index (χ2n) is 37.6. The number of nitrogens with zero attached hydrogens (tertiary/aromatic N) is 14. The molecular formula is C104H130N25O20+. The van der Waals surface area contributed by atoms with E-state index in [-0.39, 0.29) is 226 Å². The molecule has 0 saturated heterocycles. The zero-order valence-electron chi connectivity index (χ0n) is 85.9. The van der Waals surface area contributed by atoms with Gasteiger partial charge in [0.15, 0.2) is 58.0 Å². The first-order valence-corrected chi connectivity index (χ1v) is 49.2. The monoisotopic (exact) mass is 2050 g/mol. The number of hydrogen-bond acceptors (Lipinski definition) is 24. The number of hydrogen-bond donors (Lipinski definition) is 12. The molecule has 0 aliphatic heterocycles. The molecule has 0 atom stereocenters. The molecule has 11 rings (SSSR count). The quantitative estimate of drug-likeness (QED) is 0.0147. The Bertz CT molecular complexity index is 6840. The van der Waals surface area contributed by atoms with E-state index in [9.17, 15) is 91.1 Å². The van der Waals surface area contributed by atoms with Crippen molar-refractivity contribution in [3.05, 3.63) is 213 Å². The molecule has 45 nitrogen and oxygen atoms in total. The number of Topliss-reactive ketones (excluding diaryl/α,β-unsaturated/α-hetero) is 9. The maximum absolute atomic E-state index is 13.8. The molecule has 0 saturated carbocycles. The lowest BCUT2D eigenvalue weighted by atomic mass is 10.0. The zero-order chi connectivity index (χ0) is 108. The second-order valence-corrected chi connectivity index (χ2v) is 37.6. The molecule has 10 aromatic heterocycles. The SMILES string of the molecule is Cn1cc(CC(=O)c2cc(CC(=O)CCCC(=O)c3cc(CC(=O)c4cc(CC(=O)c5cc(CC(=O)CCCNC(=O)c6cc(NC(=O)c7nc(NC(=O)c8nc(NC(=O)CCNC(=O)c9nc(NC(=O)c%10nc(NC(=O)CCNC(=O)CCNC(=O)c%11ccc(NC(=O)CCCCCCC(=O)CO)cc%11)cn%10C)cn9C)cn8C)cn7C)cn6C)cn5C)cn4C)cn3C)cn2C)cc1C(=O)CCCC(=O)CCCC[NH+](C)C. The van der Waals surface area contributed by atoms with Gasteiger partial charge >= 0.3 is 0 Å². The molecule has 12 N–H and O–H groups in total. The molecule has 1 aromatic carbocycles. The Balaban J connectivity index is 0.531. The van der Waals surface area contributed by atoms with Gasteiger partial charge in [-0.3, -0.25) is 91.1 Å². The van der Waals surface area contributed by atoms with Crippen LogP contribution in [0, 0.1) is 0 Å². The standard InChI is InChI=1S/C104H129N25O20/c1-119(2)41-18-17-22-72(131)24-19-27-82(135)76-46-66(55-120(76)3)49-84(137)78-44-64(53-122(78)5)42-73(132)25-20-28-83(136)77-47-67(56-121(77)4)50-86(139)80-48-68(57-124(80)7)51-85(138)79-45-65(54-123(79)6)43-74(133)26-21-37-106-100(145)81-52-71(58-125(81)8)110-102(147)96-116-90(62-129(96)12)118-104(149)98-114-88(60-128(98)11)112-94(143)36-40-108-101(146)95-115-89(61-126(95)9)117-103(148)97-113-87(59-127(97)10)111-93(142)35-38-105-91(140)34-39-107-99(144)69-30-32-70(33-31-69)109-92(141)29-16-14-13-15-23-75(134)63-130/h30-33,44-48,52-62,130H,13-29,34-43,49-51,63H2,1-12H3,(H,105,140)(H,106,145)(H,107,144)(H,108,146)(H,109,141)(H,110,147)(H,111,142)(H,112,143)(H,117,148)(H,118,149)/p+1. The summed E-state index contributed by atoms with van der Waals surface area (Å²) >= 11 is 0. The second kappa shape index (κ2) is 53.5. The van der Waals surface area contributed by atoms with Gasteiger partial charge < -0.3 is 109 Å². The molecule has 0 aliphatic rings. The van der Waals surface area contributed by atoms with Crippen molar-refractivity contribution in [2.24, 2.45) is 70.5 Å². The lowest BCUT2D eigenvalue weighted by Gasteiger charge is -2.08. The highest BCUT2D eigenvalue weighted by atomic mass is 16.3. The van der Waals surface area contributed by atoms with Crippen LogP contribution in [0.2, 0.25) is 0 Å². The predicted molar refractivity (Wildman–Crippen MR) is 549 cm³/mol. The van der Waals surface area contributed by atoms with Gasteiger partial charge in [0, 0.05) is 273 Å². The number of nitrogens with one attached hydrogen (secondary N) is 11. The van der Waals surface area contributed by atoms with Crippen molar-refractivity contribution < 1.29 is 101 Å². The maximum Gasteiger partial charge on any atom is 0.292 e. The van der Waals surface area contributed by atoms with Crippen LogP contribution in [-0.4, -0.2) is 235 Å². The number of unbranched alkanes of at least 4 members (excludes halogenated alkanes) is 4. The normalized spacial score (nSPS) is 11.2. The fourth-order valence-corrected chi connectivity index (χ4v) is 17.0. The number of amides is 10. The molecule has 0 aliphatic carbocycles. The summed E-state index contributed by atoms with van der Waals surface area (Å²) in [5.41, 5.74) is 6.41. The molecule has 11 aromatic rings. The smallest absolute Gasteiger partial charge is 0.292 e. The molecule has 0 unspecified atom stereocenters. The summed E-state index contributed by atoms with van der Waals surface area (Å²) in [6.45, 7) is 0.454. The number of ketones is 9. The Morgan fingerprint density at radius 1 is 0.262 bits per heavy atom. The van der Waals surface area contributed by atoms with Crippen LogP contribution in [0.1, 0.15) is 272 Å². The van der Waals surface area contributed by atoms with Crippen molar-refractivity contribution in [1.82, 2.24) is 86.9 Å². The first-order valence-electron chi connectivity index (χ1n) is 49.2. The summed E-state index contributed by atoms with van der Waals surface area (Å²) in [6, 6.07) is 16.1. The molecule has 10 amide bonds. The van der Waals surface area contributed by atoms with E-state index in [1.54, 1.807) is 139 Å². The van der Waals surface area contributed by atoms with Crippen LogP contribution in [-0.2, 0) is 141 Å². The number of aromatic nitrogens is 14. The Hall–Kier alpha value is -16.6. The summed E-state index contributed by atoms with van der Waals surface area (Å²) < 4.78 is 15.3. The van der Waals surface area contributed by atoms with E-state index < -0.39 is 59.8 Å². The zero-order valence-corrected chi connectivity index (χ0v) is 85.9. The van der Waals surface area contributed by atoms with Gasteiger partial charge in [0.25, 0.3) is 35.4 Å². The van der Waals surface area contributed by atoms with Crippen LogP contribution in [0.25, 0.3) is 0 Å². The van der Waals surface area contributed by atoms with Crippen molar-refractivity contribution in [3.8, 4) is 0 Å². The first kappa shape index (κ1) is 113. The lowest BCUT2D eigenvalue weighted by Crippen LogP contribution is -3.05. The number of aryl methyl sites for hydroxylation is 10. The third-order valence-electron chi connectivity index (χ3n) is 24.6. The molecule has 45 heteroatoms. The molecular weight excluding hydrogens is 1920 g/mol. The average Bonchev–Trinajstić information content (AvgIpc) is 1.67. The van der Waals surface area contributed by atoms with E-state index in [0.29, 0.717) is 119 Å². The number of aliphatic hydroxyl groups is 1. The molecule has 790 valence electrons. The Labute approximate surface area is 859 Å².